The van der Waals surface area contributed by atoms with E-state index in [1.807, 2.05) is 23.7 Å². The lowest BCUT2D eigenvalue weighted by atomic mass is 10.1. The number of carbonyl (C=O) groups is 1. The molecule has 1 aliphatic rings. The van der Waals surface area contributed by atoms with Crippen molar-refractivity contribution >= 4 is 11.7 Å². The minimum absolute atomic E-state index is 0.0848. The molecular formula is C27H36N6O. The van der Waals surface area contributed by atoms with Crippen LogP contribution in [0.2, 0.25) is 0 Å². The summed E-state index contributed by atoms with van der Waals surface area (Å²) in [7, 11) is 0. The molecule has 2 aromatic heterocycles. The Morgan fingerprint density at radius 2 is 1.76 bits per heavy atom. The van der Waals surface area contributed by atoms with Gasteiger partial charge in [-0.25, -0.2) is 14.6 Å². The summed E-state index contributed by atoms with van der Waals surface area (Å²) < 4.78 is 1.89. The van der Waals surface area contributed by atoms with Crippen molar-refractivity contribution in [2.75, 3.05) is 18.0 Å². The van der Waals surface area contributed by atoms with Crippen LogP contribution in [0.3, 0.4) is 0 Å². The number of amides is 1. The summed E-state index contributed by atoms with van der Waals surface area (Å²) in [6.45, 7) is 8.21. The fourth-order valence-corrected chi connectivity index (χ4v) is 4.69. The van der Waals surface area contributed by atoms with Gasteiger partial charge < -0.3 is 10.2 Å². The highest BCUT2D eigenvalue weighted by Crippen LogP contribution is 2.22. The number of carbonyl (C=O) groups excluding carboxylic acids is 1. The molecule has 7 heteroatoms. The molecule has 1 aliphatic heterocycles. The van der Waals surface area contributed by atoms with Crippen molar-refractivity contribution in [1.82, 2.24) is 25.1 Å². The Labute approximate surface area is 202 Å². The van der Waals surface area contributed by atoms with Crippen LogP contribution in [0.1, 0.15) is 61.5 Å². The molecule has 1 saturated heterocycles. The van der Waals surface area contributed by atoms with Crippen molar-refractivity contribution in [1.29, 1.82) is 0 Å². The van der Waals surface area contributed by atoms with Crippen LogP contribution >= 0.6 is 0 Å². The molecule has 1 aromatic carbocycles. The van der Waals surface area contributed by atoms with Gasteiger partial charge in [0.2, 0.25) is 5.91 Å². The van der Waals surface area contributed by atoms with Gasteiger partial charge in [-0.05, 0) is 70.4 Å². The highest BCUT2D eigenvalue weighted by molar-refractivity contribution is 5.76. The molecule has 34 heavy (non-hydrogen) atoms. The number of nitrogens with zero attached hydrogens (tertiary/aromatic N) is 5. The third-order valence-electron chi connectivity index (χ3n) is 6.69. The van der Waals surface area contributed by atoms with Gasteiger partial charge in [-0.15, -0.1) is 0 Å². The van der Waals surface area contributed by atoms with Crippen LogP contribution in [-0.4, -0.2) is 44.8 Å². The molecule has 0 radical (unpaired) electrons. The largest absolute Gasteiger partial charge is 0.356 e. The predicted molar refractivity (Wildman–Crippen MR) is 135 cm³/mol. The maximum absolute atomic E-state index is 12.6. The number of aromatic nitrogens is 4. The van der Waals surface area contributed by atoms with E-state index in [9.17, 15) is 4.79 Å². The van der Waals surface area contributed by atoms with Crippen LogP contribution in [0.5, 0.6) is 0 Å². The lowest BCUT2D eigenvalue weighted by Crippen LogP contribution is -2.33. The molecule has 1 N–H and O–H groups in total. The van der Waals surface area contributed by atoms with E-state index >= 15 is 0 Å². The standard InChI is InChI=1S/C27H36N6O/c1-20(12-13-23-10-6-4-7-11-23)30-27(34)15-14-24-21(2)31-33(22(24)3)26-18-25(28-19-29-26)32-16-8-5-9-17-32/h4,6-7,10-11,18-20H,5,8-9,12-17H2,1-3H3,(H,30,34)/t20-/m0/s1. The van der Waals surface area contributed by atoms with Gasteiger partial charge >= 0.3 is 0 Å². The van der Waals surface area contributed by atoms with E-state index in [2.05, 4.69) is 58.3 Å². The quantitative estimate of drug-likeness (QED) is 0.514. The number of aryl methyl sites for hydroxylation is 2. The fourth-order valence-electron chi connectivity index (χ4n) is 4.69. The molecule has 1 atom stereocenters. The summed E-state index contributed by atoms with van der Waals surface area (Å²) >= 11 is 0. The minimum Gasteiger partial charge on any atom is -0.356 e. The molecule has 3 heterocycles. The van der Waals surface area contributed by atoms with Crippen molar-refractivity contribution in [3.8, 4) is 5.82 Å². The van der Waals surface area contributed by atoms with Crippen molar-refractivity contribution < 1.29 is 4.79 Å². The van der Waals surface area contributed by atoms with Crippen molar-refractivity contribution in [2.24, 2.45) is 0 Å². The number of nitrogens with one attached hydrogen (secondary N) is 1. The molecule has 1 amide bonds. The smallest absolute Gasteiger partial charge is 0.220 e. The number of rotatable bonds is 9. The van der Waals surface area contributed by atoms with Gasteiger partial charge in [-0.3, -0.25) is 4.79 Å². The molecule has 0 aliphatic carbocycles. The van der Waals surface area contributed by atoms with Crippen LogP contribution in [0.25, 0.3) is 5.82 Å². The van der Waals surface area contributed by atoms with Gasteiger partial charge in [0.15, 0.2) is 5.82 Å². The second-order valence-electron chi connectivity index (χ2n) is 9.34. The number of anilines is 1. The summed E-state index contributed by atoms with van der Waals surface area (Å²) in [6.07, 6.45) is 8.33. The monoisotopic (exact) mass is 460 g/mol. The predicted octanol–water partition coefficient (Wildman–Crippen LogP) is 4.34. The summed E-state index contributed by atoms with van der Waals surface area (Å²) in [6, 6.07) is 12.6. The van der Waals surface area contributed by atoms with Crippen molar-refractivity contribution in [3.63, 3.8) is 0 Å². The molecule has 4 rings (SSSR count). The summed E-state index contributed by atoms with van der Waals surface area (Å²) in [5.41, 5.74) is 4.40. The first-order valence-corrected chi connectivity index (χ1v) is 12.5. The zero-order valence-corrected chi connectivity index (χ0v) is 20.6. The zero-order chi connectivity index (χ0) is 23.9. The fraction of sp³-hybridized carbons (Fsp3) is 0.481. The molecule has 3 aromatic rings. The van der Waals surface area contributed by atoms with Crippen molar-refractivity contribution in [2.45, 2.75) is 71.8 Å². The number of hydrogen-bond donors (Lipinski definition) is 1. The Morgan fingerprint density at radius 1 is 1.03 bits per heavy atom. The van der Waals surface area contributed by atoms with E-state index in [0.29, 0.717) is 12.8 Å². The van der Waals surface area contributed by atoms with E-state index in [4.69, 9.17) is 5.10 Å². The van der Waals surface area contributed by atoms with Gasteiger partial charge in [0, 0.05) is 37.3 Å². The Bertz CT molecular complexity index is 1090. The van der Waals surface area contributed by atoms with Crippen LogP contribution in [0, 0.1) is 13.8 Å². The lowest BCUT2D eigenvalue weighted by Gasteiger charge is -2.27. The van der Waals surface area contributed by atoms with E-state index in [0.717, 1.165) is 54.5 Å². The lowest BCUT2D eigenvalue weighted by molar-refractivity contribution is -0.121. The topological polar surface area (TPSA) is 75.9 Å². The summed E-state index contributed by atoms with van der Waals surface area (Å²) in [5, 5.41) is 7.89. The van der Waals surface area contributed by atoms with E-state index in [-0.39, 0.29) is 11.9 Å². The third-order valence-corrected chi connectivity index (χ3v) is 6.69. The Morgan fingerprint density at radius 3 is 2.53 bits per heavy atom. The van der Waals surface area contributed by atoms with Crippen LogP contribution < -0.4 is 10.2 Å². The molecule has 0 saturated carbocycles. The Balaban J connectivity index is 1.35. The van der Waals surface area contributed by atoms with Crippen LogP contribution in [0.15, 0.2) is 42.7 Å². The zero-order valence-electron chi connectivity index (χ0n) is 20.6. The molecule has 0 spiro atoms. The second-order valence-corrected chi connectivity index (χ2v) is 9.34. The number of benzene rings is 1. The van der Waals surface area contributed by atoms with Gasteiger partial charge in [-0.1, -0.05) is 30.3 Å². The highest BCUT2D eigenvalue weighted by atomic mass is 16.1. The number of piperidine rings is 1. The van der Waals surface area contributed by atoms with Crippen molar-refractivity contribution in [3.05, 3.63) is 65.2 Å². The van der Waals surface area contributed by atoms with E-state index < -0.39 is 0 Å². The van der Waals surface area contributed by atoms with Gasteiger partial charge in [-0.2, -0.15) is 5.10 Å². The van der Waals surface area contributed by atoms with E-state index in [1.54, 1.807) is 6.33 Å². The van der Waals surface area contributed by atoms with E-state index in [1.165, 1.54) is 24.8 Å². The first-order valence-electron chi connectivity index (χ1n) is 12.5. The molecule has 7 nitrogen and oxygen atoms in total. The average molecular weight is 461 g/mol. The average Bonchev–Trinajstić information content (AvgIpc) is 3.15. The Kier molecular flexibility index (Phi) is 7.93. The number of hydrogen-bond acceptors (Lipinski definition) is 5. The second kappa shape index (κ2) is 11.3. The van der Waals surface area contributed by atoms with Crippen LogP contribution in [0.4, 0.5) is 5.82 Å². The van der Waals surface area contributed by atoms with Gasteiger partial charge in [0.05, 0.1) is 5.69 Å². The van der Waals surface area contributed by atoms with Crippen LogP contribution in [-0.2, 0) is 17.6 Å². The maximum Gasteiger partial charge on any atom is 0.220 e. The van der Waals surface area contributed by atoms with Gasteiger partial charge in [0.25, 0.3) is 0 Å². The first kappa shape index (κ1) is 23.9. The maximum atomic E-state index is 12.6. The Hall–Kier alpha value is -3.22. The third kappa shape index (κ3) is 6.01. The van der Waals surface area contributed by atoms with Gasteiger partial charge in [0.1, 0.15) is 12.1 Å². The summed E-state index contributed by atoms with van der Waals surface area (Å²) in [5.74, 6) is 1.82. The SMILES string of the molecule is Cc1nn(-c2cc(N3CCCCC3)ncn2)c(C)c1CCC(=O)N[C@@H](C)CCc1ccccc1. The highest BCUT2D eigenvalue weighted by Gasteiger charge is 2.18. The molecule has 1 fully saturated rings. The summed E-state index contributed by atoms with van der Waals surface area (Å²) in [4.78, 5) is 23.9. The normalized spacial score (nSPS) is 14.7. The molecular weight excluding hydrogens is 424 g/mol. The minimum atomic E-state index is 0.0848. The first-order chi connectivity index (χ1) is 16.5. The molecule has 0 unspecified atom stereocenters. The molecule has 180 valence electrons. The molecule has 0 bridgehead atoms.